The predicted octanol–water partition coefficient (Wildman–Crippen LogP) is 1.48. The molecular formula is C15H16N4O2. The second-order valence-corrected chi connectivity index (χ2v) is 5.90. The molecule has 2 aromatic heterocycles. The summed E-state index contributed by atoms with van der Waals surface area (Å²) >= 11 is 0. The van der Waals surface area contributed by atoms with E-state index in [4.69, 9.17) is 5.11 Å². The van der Waals surface area contributed by atoms with Crippen LogP contribution in [0.2, 0.25) is 0 Å². The second-order valence-electron chi connectivity index (χ2n) is 5.90. The Labute approximate surface area is 122 Å². The number of rotatable bonds is 4. The minimum absolute atomic E-state index is 0.197. The number of carboxylic acid groups (broad SMARTS) is 1. The molecule has 0 aromatic carbocycles. The summed E-state index contributed by atoms with van der Waals surface area (Å²) < 4.78 is 1.59. The third-order valence-electron chi connectivity index (χ3n) is 4.36. The van der Waals surface area contributed by atoms with Crippen molar-refractivity contribution >= 4 is 11.7 Å². The Morgan fingerprint density at radius 1 is 1.29 bits per heavy atom. The van der Waals surface area contributed by atoms with Gasteiger partial charge in [-0.25, -0.2) is 4.79 Å². The second kappa shape index (κ2) is 4.58. The smallest absolute Gasteiger partial charge is 0.338 e. The lowest BCUT2D eigenvalue weighted by Crippen LogP contribution is -2.21. The molecule has 6 nitrogen and oxygen atoms in total. The fourth-order valence-electron chi connectivity index (χ4n) is 3.03. The van der Waals surface area contributed by atoms with Gasteiger partial charge in [-0.1, -0.05) is 0 Å². The van der Waals surface area contributed by atoms with Crippen LogP contribution in [0.5, 0.6) is 0 Å². The van der Waals surface area contributed by atoms with Gasteiger partial charge < -0.3 is 10.0 Å². The van der Waals surface area contributed by atoms with Crippen molar-refractivity contribution in [1.82, 2.24) is 14.8 Å². The van der Waals surface area contributed by atoms with Crippen molar-refractivity contribution in [2.24, 2.45) is 11.8 Å². The molecule has 4 rings (SSSR count). The first-order valence-corrected chi connectivity index (χ1v) is 7.14. The van der Waals surface area contributed by atoms with E-state index in [2.05, 4.69) is 21.0 Å². The molecule has 2 aliphatic rings. The molecule has 1 saturated carbocycles. The van der Waals surface area contributed by atoms with Crippen LogP contribution in [0.4, 0.5) is 5.69 Å². The van der Waals surface area contributed by atoms with Crippen LogP contribution in [0.1, 0.15) is 22.5 Å². The summed E-state index contributed by atoms with van der Waals surface area (Å²) in [4.78, 5) is 17.7. The van der Waals surface area contributed by atoms with Gasteiger partial charge in [0.2, 0.25) is 0 Å². The average molecular weight is 284 g/mol. The molecule has 0 bridgehead atoms. The molecular weight excluding hydrogens is 268 g/mol. The maximum atomic E-state index is 10.8. The number of hydrogen-bond donors (Lipinski definition) is 1. The molecule has 3 heterocycles. The monoisotopic (exact) mass is 284 g/mol. The minimum atomic E-state index is -0.961. The largest absolute Gasteiger partial charge is 0.478 e. The van der Waals surface area contributed by atoms with Gasteiger partial charge in [0.1, 0.15) is 0 Å². The molecule has 108 valence electrons. The maximum Gasteiger partial charge on any atom is 0.338 e. The van der Waals surface area contributed by atoms with Gasteiger partial charge in [-0.2, -0.15) is 5.10 Å². The highest BCUT2D eigenvalue weighted by Crippen LogP contribution is 2.46. The van der Waals surface area contributed by atoms with Gasteiger partial charge in [0.15, 0.2) is 0 Å². The summed E-state index contributed by atoms with van der Waals surface area (Å²) in [5, 5.41) is 12.9. The van der Waals surface area contributed by atoms with Crippen molar-refractivity contribution in [3.63, 3.8) is 0 Å². The lowest BCUT2D eigenvalue weighted by molar-refractivity contribution is 0.0697. The Hall–Kier alpha value is -2.37. The van der Waals surface area contributed by atoms with Crippen LogP contribution < -0.4 is 4.90 Å². The minimum Gasteiger partial charge on any atom is -0.478 e. The van der Waals surface area contributed by atoms with Crippen LogP contribution in [-0.4, -0.2) is 38.9 Å². The Bertz CT molecular complexity index is 669. The first-order chi connectivity index (χ1) is 10.2. The molecule has 2 aromatic rings. The Morgan fingerprint density at radius 3 is 2.71 bits per heavy atom. The quantitative estimate of drug-likeness (QED) is 0.920. The molecule has 2 atom stereocenters. The molecule has 0 amide bonds. The Morgan fingerprint density at radius 2 is 2.10 bits per heavy atom. The summed E-state index contributed by atoms with van der Waals surface area (Å²) in [5.74, 6) is 0.850. The maximum absolute atomic E-state index is 10.8. The van der Waals surface area contributed by atoms with E-state index in [1.54, 1.807) is 4.68 Å². The van der Waals surface area contributed by atoms with Crippen molar-refractivity contribution in [3.05, 3.63) is 42.0 Å². The summed E-state index contributed by atoms with van der Waals surface area (Å²) in [5.41, 5.74) is 2.25. The van der Waals surface area contributed by atoms with E-state index >= 15 is 0 Å². The number of aromatic carboxylic acids is 1. The summed E-state index contributed by atoms with van der Waals surface area (Å²) in [6, 6.07) is 4.08. The van der Waals surface area contributed by atoms with Gasteiger partial charge in [0.25, 0.3) is 0 Å². The predicted molar refractivity (Wildman–Crippen MR) is 76.3 cm³/mol. The van der Waals surface area contributed by atoms with Crippen LogP contribution in [0.25, 0.3) is 0 Å². The van der Waals surface area contributed by atoms with Crippen LogP contribution in [0.15, 0.2) is 30.7 Å². The number of hydrogen-bond acceptors (Lipinski definition) is 4. The topological polar surface area (TPSA) is 71.2 Å². The summed E-state index contributed by atoms with van der Waals surface area (Å²) in [6.07, 6.45) is 6.17. The zero-order valence-corrected chi connectivity index (χ0v) is 11.5. The van der Waals surface area contributed by atoms with Crippen molar-refractivity contribution in [2.75, 3.05) is 18.0 Å². The van der Waals surface area contributed by atoms with E-state index < -0.39 is 5.97 Å². The third-order valence-corrected chi connectivity index (χ3v) is 4.36. The summed E-state index contributed by atoms with van der Waals surface area (Å²) in [7, 11) is 0. The Kier molecular flexibility index (Phi) is 2.70. The fourth-order valence-corrected chi connectivity index (χ4v) is 3.03. The average Bonchev–Trinajstić information content (AvgIpc) is 2.90. The molecule has 1 aliphatic heterocycles. The van der Waals surface area contributed by atoms with Crippen LogP contribution >= 0.6 is 0 Å². The molecule has 0 spiro atoms. The molecule has 1 N–H and O–H groups in total. The Balaban J connectivity index is 1.44. The van der Waals surface area contributed by atoms with E-state index in [1.165, 1.54) is 24.5 Å². The number of nitrogens with zero attached hydrogens (tertiary/aromatic N) is 4. The number of fused-ring (bicyclic) bond motifs is 1. The zero-order valence-electron chi connectivity index (χ0n) is 11.5. The highest BCUT2D eigenvalue weighted by atomic mass is 16.4. The first-order valence-electron chi connectivity index (χ1n) is 7.14. The van der Waals surface area contributed by atoms with E-state index in [0.29, 0.717) is 6.54 Å². The van der Waals surface area contributed by atoms with Crippen molar-refractivity contribution in [2.45, 2.75) is 13.0 Å². The fraction of sp³-hybridized carbons (Fsp3) is 0.400. The lowest BCUT2D eigenvalue weighted by atomic mass is 10.3. The molecule has 1 saturated heterocycles. The van der Waals surface area contributed by atoms with Gasteiger partial charge in [-0.3, -0.25) is 9.67 Å². The molecule has 0 radical (unpaired) electrons. The normalized spacial score (nSPS) is 23.1. The molecule has 2 unspecified atom stereocenters. The van der Waals surface area contributed by atoms with Gasteiger partial charge in [0, 0.05) is 19.3 Å². The molecule has 2 fully saturated rings. The van der Waals surface area contributed by atoms with Crippen molar-refractivity contribution in [1.29, 1.82) is 0 Å². The van der Waals surface area contributed by atoms with Gasteiger partial charge in [0.05, 0.1) is 35.9 Å². The highest BCUT2D eigenvalue weighted by molar-refractivity contribution is 5.86. The molecule has 6 heteroatoms. The van der Waals surface area contributed by atoms with E-state index in [9.17, 15) is 4.79 Å². The number of pyridine rings is 1. The first kappa shape index (κ1) is 12.4. The van der Waals surface area contributed by atoms with E-state index in [0.717, 1.165) is 30.6 Å². The molecule has 21 heavy (non-hydrogen) atoms. The van der Waals surface area contributed by atoms with Gasteiger partial charge in [-0.15, -0.1) is 0 Å². The van der Waals surface area contributed by atoms with Crippen molar-refractivity contribution in [3.8, 4) is 0 Å². The zero-order chi connectivity index (χ0) is 14.4. The number of carboxylic acids is 1. The number of carbonyl (C=O) groups is 1. The van der Waals surface area contributed by atoms with Gasteiger partial charge in [-0.05, 0) is 30.4 Å². The van der Waals surface area contributed by atoms with E-state index in [1.807, 2.05) is 12.3 Å². The van der Waals surface area contributed by atoms with Gasteiger partial charge >= 0.3 is 5.97 Å². The van der Waals surface area contributed by atoms with Crippen LogP contribution in [0, 0.1) is 11.8 Å². The van der Waals surface area contributed by atoms with Crippen molar-refractivity contribution < 1.29 is 9.90 Å². The SMILES string of the molecule is O=C(O)c1cnn(Cc2ccc(N3CC4CC4C3)cn2)c1. The van der Waals surface area contributed by atoms with Crippen LogP contribution in [-0.2, 0) is 6.54 Å². The standard InChI is InChI=1S/C15H16N4O2/c20-15(21)12-4-17-19(8-12)9-13-1-2-14(5-16-13)18-6-10-3-11(10)7-18/h1-2,4-5,8,10-11H,3,6-7,9H2,(H,20,21). The number of aromatic nitrogens is 3. The molecule has 1 aliphatic carbocycles. The summed E-state index contributed by atoms with van der Waals surface area (Å²) in [6.45, 7) is 2.80. The lowest BCUT2D eigenvalue weighted by Gasteiger charge is -2.19. The third kappa shape index (κ3) is 2.37. The van der Waals surface area contributed by atoms with E-state index in [-0.39, 0.29) is 5.56 Å². The number of anilines is 1. The van der Waals surface area contributed by atoms with Crippen LogP contribution in [0.3, 0.4) is 0 Å². The number of piperidine rings is 1. The highest BCUT2D eigenvalue weighted by Gasteiger charge is 2.45.